The molecule has 140 valence electrons. The van der Waals surface area contributed by atoms with Crippen LogP contribution in [0.5, 0.6) is 0 Å². The molecule has 0 bridgehead atoms. The van der Waals surface area contributed by atoms with Crippen LogP contribution in [0.2, 0.25) is 5.02 Å². The van der Waals surface area contributed by atoms with E-state index in [-0.39, 0.29) is 17.0 Å². The van der Waals surface area contributed by atoms with Crippen molar-refractivity contribution < 1.29 is 9.18 Å². The number of amides is 1. The fourth-order valence-electron chi connectivity index (χ4n) is 3.47. The summed E-state index contributed by atoms with van der Waals surface area (Å²) in [6.07, 6.45) is 6.95. The number of benzene rings is 1. The number of nitrogens with zero attached hydrogens (tertiary/aromatic N) is 2. The molecular weight excluding hydrogens is 369 g/mol. The van der Waals surface area contributed by atoms with Crippen LogP contribution in [0.1, 0.15) is 36.0 Å². The molecule has 2 heterocycles. The third-order valence-electron chi connectivity index (χ3n) is 4.94. The maximum Gasteiger partial charge on any atom is 0.251 e. The molecule has 1 fully saturated rings. The van der Waals surface area contributed by atoms with Crippen LogP contribution in [0.4, 0.5) is 10.2 Å². The summed E-state index contributed by atoms with van der Waals surface area (Å²) in [4.78, 5) is 23.9. The number of carbonyl (C=O) groups is 1. The number of halogens is 2. The third-order valence-corrected chi connectivity index (χ3v) is 5.23. The van der Waals surface area contributed by atoms with Crippen molar-refractivity contribution in [2.45, 2.75) is 37.8 Å². The fourth-order valence-corrected chi connectivity index (χ4v) is 3.65. The zero-order chi connectivity index (χ0) is 18.8. The van der Waals surface area contributed by atoms with Crippen LogP contribution >= 0.6 is 11.6 Å². The highest BCUT2D eigenvalue weighted by molar-refractivity contribution is 6.31. The van der Waals surface area contributed by atoms with Gasteiger partial charge in [-0.25, -0.2) is 14.4 Å². The van der Waals surface area contributed by atoms with E-state index in [4.69, 9.17) is 11.6 Å². The molecule has 0 saturated heterocycles. The molecule has 1 aliphatic rings. The number of aromatic amines is 1. The van der Waals surface area contributed by atoms with Gasteiger partial charge < -0.3 is 15.6 Å². The fraction of sp³-hybridized carbons (Fsp3) is 0.316. The van der Waals surface area contributed by atoms with E-state index in [2.05, 4.69) is 25.6 Å². The van der Waals surface area contributed by atoms with Gasteiger partial charge in [0.1, 0.15) is 23.6 Å². The van der Waals surface area contributed by atoms with Gasteiger partial charge in [0.05, 0.1) is 10.4 Å². The second-order valence-electron chi connectivity index (χ2n) is 6.76. The molecule has 4 rings (SSSR count). The van der Waals surface area contributed by atoms with E-state index in [0.717, 1.165) is 42.5 Å². The summed E-state index contributed by atoms with van der Waals surface area (Å²) in [6.45, 7) is 0. The summed E-state index contributed by atoms with van der Waals surface area (Å²) in [5, 5.41) is 7.43. The summed E-state index contributed by atoms with van der Waals surface area (Å²) in [7, 11) is 0. The van der Waals surface area contributed by atoms with Gasteiger partial charge in [-0.15, -0.1) is 0 Å². The van der Waals surface area contributed by atoms with E-state index in [1.807, 2.05) is 12.3 Å². The summed E-state index contributed by atoms with van der Waals surface area (Å²) in [5.74, 6) is 0.0777. The molecule has 1 amide bonds. The van der Waals surface area contributed by atoms with Gasteiger partial charge in [-0.1, -0.05) is 11.6 Å². The minimum Gasteiger partial charge on any atom is -0.367 e. The van der Waals surface area contributed by atoms with Gasteiger partial charge in [0, 0.05) is 23.8 Å². The predicted molar refractivity (Wildman–Crippen MR) is 102 cm³/mol. The molecule has 1 aromatic carbocycles. The predicted octanol–water partition coefficient (Wildman–Crippen LogP) is 3.90. The Hall–Kier alpha value is -2.67. The van der Waals surface area contributed by atoms with Crippen LogP contribution in [0.15, 0.2) is 36.8 Å². The topological polar surface area (TPSA) is 82.7 Å². The van der Waals surface area contributed by atoms with Crippen molar-refractivity contribution in [3.63, 3.8) is 0 Å². The van der Waals surface area contributed by atoms with Gasteiger partial charge >= 0.3 is 0 Å². The molecule has 0 unspecified atom stereocenters. The lowest BCUT2D eigenvalue weighted by Crippen LogP contribution is -2.40. The maximum absolute atomic E-state index is 13.2. The molecule has 6 nitrogen and oxygen atoms in total. The minimum atomic E-state index is -0.527. The molecule has 1 aliphatic carbocycles. The Balaban J connectivity index is 1.33. The largest absolute Gasteiger partial charge is 0.367 e. The zero-order valence-corrected chi connectivity index (χ0v) is 15.3. The quantitative estimate of drug-likeness (QED) is 0.634. The molecule has 0 spiro atoms. The van der Waals surface area contributed by atoms with E-state index in [0.29, 0.717) is 11.6 Å². The van der Waals surface area contributed by atoms with Crippen molar-refractivity contribution in [2.24, 2.45) is 0 Å². The Kier molecular flexibility index (Phi) is 4.94. The number of hydrogen-bond acceptors (Lipinski definition) is 4. The van der Waals surface area contributed by atoms with E-state index in [1.165, 1.54) is 18.2 Å². The van der Waals surface area contributed by atoms with Crippen LogP contribution < -0.4 is 10.6 Å². The summed E-state index contributed by atoms with van der Waals surface area (Å²) in [5.41, 5.74) is 1.18. The number of nitrogens with one attached hydrogen (secondary N) is 3. The second kappa shape index (κ2) is 7.52. The number of carbonyl (C=O) groups excluding carboxylic acids is 1. The number of hydrogen-bond donors (Lipinski definition) is 3. The van der Waals surface area contributed by atoms with Gasteiger partial charge in [0.25, 0.3) is 5.91 Å². The summed E-state index contributed by atoms with van der Waals surface area (Å²) < 4.78 is 13.2. The molecule has 1 saturated carbocycles. The van der Waals surface area contributed by atoms with Crippen molar-refractivity contribution in [1.82, 2.24) is 20.3 Å². The number of rotatable bonds is 4. The standard InChI is InChI=1S/C19H19ClFN5O/c20-15-9-11(1-6-16(15)21)19(27)26-13-4-2-12(3-5-13)25-18-14-7-8-22-17(14)23-10-24-18/h1,6-10,12-13H,2-5H2,(H,26,27)(H2,22,23,24,25). The minimum absolute atomic E-state index is 0.0449. The van der Waals surface area contributed by atoms with Crippen LogP contribution in [0.3, 0.4) is 0 Å². The van der Waals surface area contributed by atoms with Crippen LogP contribution in [-0.4, -0.2) is 32.9 Å². The highest BCUT2D eigenvalue weighted by Crippen LogP contribution is 2.25. The zero-order valence-electron chi connectivity index (χ0n) is 14.5. The average Bonchev–Trinajstić information content (AvgIpc) is 3.15. The maximum atomic E-state index is 13.2. The Morgan fingerprint density at radius 2 is 1.93 bits per heavy atom. The Morgan fingerprint density at radius 3 is 2.70 bits per heavy atom. The molecular formula is C19H19ClFN5O. The SMILES string of the molecule is O=C(NC1CCC(Nc2ncnc3[nH]ccc23)CC1)c1ccc(F)c(Cl)c1. The first-order chi connectivity index (χ1) is 13.1. The van der Waals surface area contributed by atoms with Crippen molar-refractivity contribution in [3.05, 3.63) is 53.2 Å². The van der Waals surface area contributed by atoms with E-state index in [9.17, 15) is 9.18 Å². The normalized spacial score (nSPS) is 19.8. The van der Waals surface area contributed by atoms with Crippen molar-refractivity contribution >= 4 is 34.4 Å². The van der Waals surface area contributed by atoms with Gasteiger partial charge in [-0.3, -0.25) is 4.79 Å². The first-order valence-electron chi connectivity index (χ1n) is 8.90. The van der Waals surface area contributed by atoms with Crippen LogP contribution in [0, 0.1) is 5.82 Å². The van der Waals surface area contributed by atoms with Crippen molar-refractivity contribution in [2.75, 3.05) is 5.32 Å². The Morgan fingerprint density at radius 1 is 1.15 bits per heavy atom. The molecule has 8 heteroatoms. The van der Waals surface area contributed by atoms with Gasteiger partial charge in [0.2, 0.25) is 0 Å². The van der Waals surface area contributed by atoms with Crippen LogP contribution in [-0.2, 0) is 0 Å². The van der Waals surface area contributed by atoms with E-state index in [1.54, 1.807) is 6.33 Å². The number of aromatic nitrogens is 3. The highest BCUT2D eigenvalue weighted by atomic mass is 35.5. The molecule has 3 N–H and O–H groups in total. The van der Waals surface area contributed by atoms with E-state index < -0.39 is 5.82 Å². The number of anilines is 1. The molecule has 0 atom stereocenters. The lowest BCUT2D eigenvalue weighted by atomic mass is 9.91. The van der Waals surface area contributed by atoms with Crippen molar-refractivity contribution in [1.29, 1.82) is 0 Å². The molecule has 0 aliphatic heterocycles. The van der Waals surface area contributed by atoms with Crippen molar-refractivity contribution in [3.8, 4) is 0 Å². The lowest BCUT2D eigenvalue weighted by molar-refractivity contribution is 0.0926. The van der Waals surface area contributed by atoms with E-state index >= 15 is 0 Å². The second-order valence-corrected chi connectivity index (χ2v) is 7.16. The smallest absolute Gasteiger partial charge is 0.251 e. The monoisotopic (exact) mass is 387 g/mol. The number of H-pyrrole nitrogens is 1. The first-order valence-corrected chi connectivity index (χ1v) is 9.28. The lowest BCUT2D eigenvalue weighted by Gasteiger charge is -2.30. The van der Waals surface area contributed by atoms with Gasteiger partial charge in [-0.05, 0) is 49.9 Å². The molecule has 3 aromatic rings. The third kappa shape index (κ3) is 3.88. The number of fused-ring (bicyclic) bond motifs is 1. The van der Waals surface area contributed by atoms with Gasteiger partial charge in [0.15, 0.2) is 0 Å². The Labute approximate surface area is 160 Å². The molecule has 2 aromatic heterocycles. The molecule has 27 heavy (non-hydrogen) atoms. The summed E-state index contributed by atoms with van der Waals surface area (Å²) in [6, 6.07) is 6.36. The Bertz CT molecular complexity index is 968. The first kappa shape index (κ1) is 17.7. The average molecular weight is 388 g/mol. The van der Waals surface area contributed by atoms with Gasteiger partial charge in [-0.2, -0.15) is 0 Å². The highest BCUT2D eigenvalue weighted by Gasteiger charge is 2.23. The van der Waals surface area contributed by atoms with Crippen LogP contribution in [0.25, 0.3) is 11.0 Å². The molecule has 0 radical (unpaired) electrons. The summed E-state index contributed by atoms with van der Waals surface area (Å²) >= 11 is 5.75.